The molecule has 2 heterocycles. The number of likely N-dealkylation sites (tertiary alicyclic amines) is 1. The van der Waals surface area contributed by atoms with Gasteiger partial charge in [-0.2, -0.15) is 0 Å². The van der Waals surface area contributed by atoms with Crippen LogP contribution in [0.25, 0.3) is 10.1 Å². The van der Waals surface area contributed by atoms with E-state index in [0.717, 1.165) is 29.0 Å². The van der Waals surface area contributed by atoms with Crippen LogP contribution in [0.3, 0.4) is 0 Å². The smallest absolute Gasteiger partial charge is 0.320 e. The van der Waals surface area contributed by atoms with Gasteiger partial charge in [0, 0.05) is 16.1 Å². The third-order valence-corrected chi connectivity index (χ3v) is 7.61. The fourth-order valence-electron chi connectivity index (χ4n) is 4.84. The van der Waals surface area contributed by atoms with E-state index in [1.807, 2.05) is 61.5 Å². The first kappa shape index (κ1) is 23.4. The van der Waals surface area contributed by atoms with Gasteiger partial charge in [0.1, 0.15) is 12.6 Å². The molecule has 1 fully saturated rings. The van der Waals surface area contributed by atoms with Crippen molar-refractivity contribution in [2.75, 3.05) is 13.2 Å². The molecule has 0 bridgehead atoms. The molecule has 5 nitrogen and oxygen atoms in total. The molecule has 1 aliphatic rings. The van der Waals surface area contributed by atoms with Crippen molar-refractivity contribution in [2.24, 2.45) is 0 Å². The first-order chi connectivity index (χ1) is 17.1. The Morgan fingerprint density at radius 2 is 1.83 bits per heavy atom. The van der Waals surface area contributed by atoms with Crippen molar-refractivity contribution in [3.63, 3.8) is 0 Å². The summed E-state index contributed by atoms with van der Waals surface area (Å²) in [7, 11) is 0. The van der Waals surface area contributed by atoms with Gasteiger partial charge < -0.3 is 14.6 Å². The number of hydrogen-bond acceptors (Lipinski definition) is 5. The molecule has 1 aliphatic heterocycles. The Labute approximate surface area is 209 Å². The minimum atomic E-state index is -0.763. The van der Waals surface area contributed by atoms with Crippen molar-refractivity contribution >= 4 is 27.4 Å². The lowest BCUT2D eigenvalue weighted by Crippen LogP contribution is -2.39. The van der Waals surface area contributed by atoms with Crippen LogP contribution >= 0.6 is 11.3 Å². The minimum Gasteiger partial charge on any atom is -0.490 e. The van der Waals surface area contributed by atoms with Crippen LogP contribution in [0.2, 0.25) is 0 Å². The van der Waals surface area contributed by atoms with E-state index < -0.39 is 12.0 Å². The Bertz CT molecular complexity index is 1270. The van der Waals surface area contributed by atoms with Crippen LogP contribution in [-0.4, -0.2) is 35.2 Å². The van der Waals surface area contributed by atoms with E-state index in [-0.39, 0.29) is 6.04 Å². The number of fused-ring (bicyclic) bond motifs is 1. The molecule has 35 heavy (non-hydrogen) atoms. The van der Waals surface area contributed by atoms with Crippen molar-refractivity contribution in [2.45, 2.75) is 38.5 Å². The first-order valence-electron chi connectivity index (χ1n) is 12.0. The van der Waals surface area contributed by atoms with Gasteiger partial charge >= 0.3 is 5.97 Å². The summed E-state index contributed by atoms with van der Waals surface area (Å²) in [5.41, 5.74) is 2.10. The third-order valence-electron chi connectivity index (χ3n) is 6.45. The number of nitrogens with zero attached hydrogens (tertiary/aromatic N) is 1. The average molecular weight is 488 g/mol. The van der Waals surface area contributed by atoms with E-state index in [0.29, 0.717) is 31.1 Å². The third kappa shape index (κ3) is 5.04. The number of carboxylic acid groups (broad SMARTS) is 1. The molecule has 0 amide bonds. The predicted molar refractivity (Wildman–Crippen MR) is 139 cm³/mol. The molecule has 5 rings (SSSR count). The molecule has 0 aliphatic carbocycles. The van der Waals surface area contributed by atoms with Gasteiger partial charge in [-0.25, -0.2) is 0 Å². The summed E-state index contributed by atoms with van der Waals surface area (Å²) < 4.78 is 13.3. The van der Waals surface area contributed by atoms with E-state index in [1.54, 1.807) is 11.3 Å². The lowest BCUT2D eigenvalue weighted by Gasteiger charge is -2.31. The Hall–Kier alpha value is -3.35. The SMILES string of the molecule is CCOc1cc(C(c2cc3ccccc3s2)N2CCCC2C(=O)O)ccc1OCc1ccccc1. The van der Waals surface area contributed by atoms with Crippen LogP contribution in [0.1, 0.15) is 41.8 Å². The highest BCUT2D eigenvalue weighted by Crippen LogP contribution is 2.42. The van der Waals surface area contributed by atoms with Gasteiger partial charge in [0.05, 0.1) is 12.6 Å². The molecule has 3 aromatic carbocycles. The molecule has 4 aromatic rings. The number of thiophene rings is 1. The zero-order chi connectivity index (χ0) is 24.2. The van der Waals surface area contributed by atoms with Crippen LogP contribution in [0.15, 0.2) is 78.9 Å². The summed E-state index contributed by atoms with van der Waals surface area (Å²) in [6.07, 6.45) is 1.53. The summed E-state index contributed by atoms with van der Waals surface area (Å²) in [5.74, 6) is 0.602. The van der Waals surface area contributed by atoms with Crippen molar-refractivity contribution < 1.29 is 19.4 Å². The molecule has 2 unspecified atom stereocenters. The van der Waals surface area contributed by atoms with Crippen LogP contribution in [0.5, 0.6) is 11.5 Å². The Balaban J connectivity index is 1.53. The molecular formula is C29H29NO4S. The monoisotopic (exact) mass is 487 g/mol. The lowest BCUT2D eigenvalue weighted by atomic mass is 10.0. The van der Waals surface area contributed by atoms with Gasteiger partial charge in [0.2, 0.25) is 0 Å². The number of benzene rings is 3. The largest absolute Gasteiger partial charge is 0.490 e. The number of carbonyl (C=O) groups is 1. The number of aliphatic carboxylic acids is 1. The fraction of sp³-hybridized carbons (Fsp3) is 0.276. The van der Waals surface area contributed by atoms with Crippen molar-refractivity contribution in [1.82, 2.24) is 4.90 Å². The van der Waals surface area contributed by atoms with E-state index >= 15 is 0 Å². The molecule has 1 N–H and O–H groups in total. The maximum Gasteiger partial charge on any atom is 0.320 e. The first-order valence-corrected chi connectivity index (χ1v) is 12.9. The van der Waals surface area contributed by atoms with Gasteiger partial charge in [-0.1, -0.05) is 54.6 Å². The second kappa shape index (κ2) is 10.5. The zero-order valence-corrected chi connectivity index (χ0v) is 20.5. The zero-order valence-electron chi connectivity index (χ0n) is 19.7. The summed E-state index contributed by atoms with van der Waals surface area (Å²) in [6.45, 7) is 3.66. The molecule has 180 valence electrons. The van der Waals surface area contributed by atoms with Gasteiger partial charge in [0.15, 0.2) is 11.5 Å². The molecule has 2 atom stereocenters. The van der Waals surface area contributed by atoms with Crippen molar-refractivity contribution in [1.29, 1.82) is 0 Å². The highest BCUT2D eigenvalue weighted by atomic mass is 32.1. The molecule has 0 spiro atoms. The summed E-state index contributed by atoms with van der Waals surface area (Å²) >= 11 is 1.73. The molecule has 0 saturated carbocycles. The highest BCUT2D eigenvalue weighted by Gasteiger charge is 2.37. The summed E-state index contributed by atoms with van der Waals surface area (Å²) in [6, 6.07) is 25.9. The molecule has 1 saturated heterocycles. The van der Waals surface area contributed by atoms with Crippen LogP contribution in [0, 0.1) is 0 Å². The Morgan fingerprint density at radius 1 is 1.03 bits per heavy atom. The highest BCUT2D eigenvalue weighted by molar-refractivity contribution is 7.19. The normalized spacial score (nSPS) is 16.9. The Morgan fingerprint density at radius 3 is 2.60 bits per heavy atom. The molecule has 1 aromatic heterocycles. The number of carboxylic acids is 1. The van der Waals surface area contributed by atoms with Crippen molar-refractivity contribution in [3.8, 4) is 11.5 Å². The molecular weight excluding hydrogens is 458 g/mol. The van der Waals surface area contributed by atoms with Crippen LogP contribution in [-0.2, 0) is 11.4 Å². The van der Waals surface area contributed by atoms with Gasteiger partial charge in [0.25, 0.3) is 0 Å². The topological polar surface area (TPSA) is 59.0 Å². The minimum absolute atomic E-state index is 0.168. The number of hydrogen-bond donors (Lipinski definition) is 1. The van der Waals surface area contributed by atoms with Crippen molar-refractivity contribution in [3.05, 3.63) is 94.9 Å². The maximum absolute atomic E-state index is 12.1. The quantitative estimate of drug-likeness (QED) is 0.291. The van der Waals surface area contributed by atoms with E-state index in [9.17, 15) is 9.90 Å². The molecule has 0 radical (unpaired) electrons. The maximum atomic E-state index is 12.1. The van der Waals surface area contributed by atoms with Crippen LogP contribution < -0.4 is 9.47 Å². The van der Waals surface area contributed by atoms with E-state index in [1.165, 1.54) is 10.1 Å². The van der Waals surface area contributed by atoms with Gasteiger partial charge in [-0.3, -0.25) is 9.69 Å². The standard InChI is InChI=1S/C29H29NO4S/c1-2-33-25-17-22(14-15-24(25)34-19-20-9-4-3-5-10-20)28(30-16-8-12-23(30)29(31)32)27-18-21-11-6-7-13-26(21)35-27/h3-7,9-11,13-15,17-18,23,28H,2,8,12,16,19H2,1H3,(H,31,32). The van der Waals surface area contributed by atoms with E-state index in [4.69, 9.17) is 9.47 Å². The lowest BCUT2D eigenvalue weighted by molar-refractivity contribution is -0.142. The van der Waals surface area contributed by atoms with E-state index in [2.05, 4.69) is 29.2 Å². The van der Waals surface area contributed by atoms with Crippen LogP contribution in [0.4, 0.5) is 0 Å². The number of ether oxygens (including phenoxy) is 2. The fourth-order valence-corrected chi connectivity index (χ4v) is 6.05. The van der Waals surface area contributed by atoms with Gasteiger partial charge in [-0.05, 0) is 60.5 Å². The average Bonchev–Trinajstić information content (AvgIpc) is 3.52. The Kier molecular flexibility index (Phi) is 7.02. The summed E-state index contributed by atoms with van der Waals surface area (Å²) in [5, 5.41) is 11.1. The van der Waals surface area contributed by atoms with Gasteiger partial charge in [-0.15, -0.1) is 11.3 Å². The second-order valence-corrected chi connectivity index (χ2v) is 9.85. The summed E-state index contributed by atoms with van der Waals surface area (Å²) in [4.78, 5) is 15.4. The second-order valence-electron chi connectivity index (χ2n) is 8.74. The number of rotatable bonds is 9. The predicted octanol–water partition coefficient (Wildman–Crippen LogP) is 6.52. The molecule has 6 heteroatoms.